The molecule has 0 radical (unpaired) electrons. The maximum absolute atomic E-state index is 4.13. The molecule has 0 spiro atoms. The van der Waals surface area contributed by atoms with E-state index in [2.05, 4.69) is 44.5 Å². The Labute approximate surface area is 74.0 Å². The van der Waals surface area contributed by atoms with E-state index >= 15 is 0 Å². The van der Waals surface area contributed by atoms with Gasteiger partial charge in [-0.3, -0.25) is 0 Å². The molecule has 0 aliphatic rings. The molecule has 0 N–H and O–H groups in total. The molecule has 0 amide bonds. The van der Waals surface area contributed by atoms with Crippen molar-refractivity contribution in [3.63, 3.8) is 0 Å². The normalized spacial score (nSPS) is 9.88. The molecule has 0 saturated heterocycles. The fourth-order valence-corrected chi connectivity index (χ4v) is 3.07. The van der Waals surface area contributed by atoms with Gasteiger partial charge in [-0.15, -0.1) is 24.0 Å². The molecular formula is C4H2Br2S2. The van der Waals surface area contributed by atoms with Crippen molar-refractivity contribution in [2.45, 2.75) is 4.21 Å². The summed E-state index contributed by atoms with van der Waals surface area (Å²) in [7, 11) is 0. The first-order valence-corrected chi connectivity index (χ1v) is 4.69. The summed E-state index contributed by atoms with van der Waals surface area (Å²) in [6.45, 7) is 0. The molecule has 44 valence electrons. The minimum absolute atomic E-state index is 1.02. The molecule has 0 bridgehead atoms. The zero-order valence-corrected chi connectivity index (χ0v) is 8.57. The smallest absolute Gasteiger partial charge is 0.0852 e. The molecule has 1 aromatic heterocycles. The van der Waals surface area contributed by atoms with Crippen molar-refractivity contribution in [2.75, 3.05) is 0 Å². The fourth-order valence-electron chi connectivity index (χ4n) is 0.335. The molecular weight excluding hydrogens is 272 g/mol. The lowest BCUT2D eigenvalue weighted by atomic mass is 10.7. The number of hydrogen-bond donors (Lipinski definition) is 1. The molecule has 0 fully saturated rings. The van der Waals surface area contributed by atoms with E-state index in [1.54, 1.807) is 11.3 Å². The summed E-state index contributed by atoms with van der Waals surface area (Å²) in [6, 6.07) is 1.96. The Morgan fingerprint density at radius 2 is 2.12 bits per heavy atom. The van der Waals surface area contributed by atoms with Gasteiger partial charge >= 0.3 is 0 Å². The molecule has 0 aliphatic heterocycles. The van der Waals surface area contributed by atoms with Crippen LogP contribution in [0.2, 0.25) is 0 Å². The average molecular weight is 274 g/mol. The lowest BCUT2D eigenvalue weighted by Crippen LogP contribution is -1.45. The summed E-state index contributed by atoms with van der Waals surface area (Å²) in [5.74, 6) is 0. The second kappa shape index (κ2) is 2.73. The Bertz CT molecular complexity index is 174. The van der Waals surface area contributed by atoms with Crippen LogP contribution < -0.4 is 0 Å². The Balaban J connectivity index is 3.14. The van der Waals surface area contributed by atoms with E-state index in [1.165, 1.54) is 0 Å². The number of thiophene rings is 1. The predicted octanol–water partition coefficient (Wildman–Crippen LogP) is 3.56. The van der Waals surface area contributed by atoms with Crippen LogP contribution in [0, 0.1) is 0 Å². The first-order valence-electron chi connectivity index (χ1n) is 1.84. The maximum Gasteiger partial charge on any atom is 0.0852 e. The molecule has 0 atom stereocenters. The third-order valence-electron chi connectivity index (χ3n) is 0.632. The quantitative estimate of drug-likeness (QED) is 0.687. The van der Waals surface area contributed by atoms with E-state index in [-0.39, 0.29) is 0 Å². The van der Waals surface area contributed by atoms with E-state index < -0.39 is 0 Å². The van der Waals surface area contributed by atoms with Gasteiger partial charge in [0, 0.05) is 4.47 Å². The monoisotopic (exact) mass is 272 g/mol. The number of hydrogen-bond acceptors (Lipinski definition) is 2. The van der Waals surface area contributed by atoms with Gasteiger partial charge < -0.3 is 0 Å². The summed E-state index contributed by atoms with van der Waals surface area (Å²) < 4.78 is 3.19. The SMILES string of the molecule is Sc1cc(Br)c(Br)s1. The molecule has 0 nitrogen and oxygen atoms in total. The molecule has 1 aromatic rings. The highest BCUT2D eigenvalue weighted by Gasteiger charge is 1.98. The summed E-state index contributed by atoms with van der Waals surface area (Å²) in [5, 5.41) is 0. The Morgan fingerprint density at radius 3 is 2.25 bits per heavy atom. The zero-order valence-electron chi connectivity index (χ0n) is 3.69. The molecule has 1 rings (SSSR count). The fraction of sp³-hybridized carbons (Fsp3) is 0. The van der Waals surface area contributed by atoms with Gasteiger partial charge in [0.1, 0.15) is 0 Å². The molecule has 0 aromatic carbocycles. The minimum atomic E-state index is 1.02. The van der Waals surface area contributed by atoms with Gasteiger partial charge in [0.15, 0.2) is 0 Å². The maximum atomic E-state index is 4.13. The first-order chi connectivity index (χ1) is 3.70. The Kier molecular flexibility index (Phi) is 2.43. The topological polar surface area (TPSA) is 0 Å². The second-order valence-corrected chi connectivity index (χ2v) is 5.22. The molecule has 4 heteroatoms. The summed E-state index contributed by atoms with van der Waals surface area (Å²) in [4.78, 5) is 0. The van der Waals surface area contributed by atoms with E-state index in [4.69, 9.17) is 0 Å². The van der Waals surface area contributed by atoms with Crippen molar-refractivity contribution >= 4 is 55.8 Å². The van der Waals surface area contributed by atoms with Gasteiger partial charge in [-0.25, -0.2) is 0 Å². The first kappa shape index (κ1) is 7.12. The van der Waals surface area contributed by atoms with Gasteiger partial charge in [0.25, 0.3) is 0 Å². The summed E-state index contributed by atoms with van der Waals surface area (Å²) in [5.41, 5.74) is 0. The lowest BCUT2D eigenvalue weighted by Gasteiger charge is -1.74. The van der Waals surface area contributed by atoms with E-state index in [0.717, 1.165) is 12.5 Å². The van der Waals surface area contributed by atoms with Crippen LogP contribution in [0.5, 0.6) is 0 Å². The van der Waals surface area contributed by atoms with Gasteiger partial charge in [-0.1, -0.05) is 0 Å². The zero-order chi connectivity index (χ0) is 6.15. The highest BCUT2D eigenvalue weighted by molar-refractivity contribution is 9.13. The van der Waals surface area contributed by atoms with Crippen LogP contribution in [0.25, 0.3) is 0 Å². The van der Waals surface area contributed by atoms with Crippen molar-refractivity contribution in [2.24, 2.45) is 0 Å². The number of thiol groups is 1. The van der Waals surface area contributed by atoms with Crippen LogP contribution in [0.4, 0.5) is 0 Å². The third-order valence-corrected chi connectivity index (χ3v) is 4.09. The van der Waals surface area contributed by atoms with Crippen LogP contribution in [-0.4, -0.2) is 0 Å². The molecule has 0 saturated carbocycles. The van der Waals surface area contributed by atoms with Crippen molar-refractivity contribution < 1.29 is 0 Å². The van der Waals surface area contributed by atoms with Crippen molar-refractivity contribution in [3.05, 3.63) is 14.3 Å². The molecule has 0 unspecified atom stereocenters. The highest BCUT2D eigenvalue weighted by Crippen LogP contribution is 2.33. The average Bonchev–Trinajstić information content (AvgIpc) is 1.85. The van der Waals surface area contributed by atoms with E-state index in [1.807, 2.05) is 6.07 Å². The highest BCUT2D eigenvalue weighted by atomic mass is 79.9. The summed E-state index contributed by atoms with van der Waals surface area (Å²) in [6.07, 6.45) is 0. The van der Waals surface area contributed by atoms with Crippen molar-refractivity contribution in [1.29, 1.82) is 0 Å². The van der Waals surface area contributed by atoms with Crippen molar-refractivity contribution in [1.82, 2.24) is 0 Å². The largest absolute Gasteiger partial charge is 0.133 e. The van der Waals surface area contributed by atoms with Gasteiger partial charge in [0.2, 0.25) is 0 Å². The Hall–Kier alpha value is 1.01. The van der Waals surface area contributed by atoms with Crippen LogP contribution >= 0.6 is 55.8 Å². The van der Waals surface area contributed by atoms with Crippen LogP contribution in [0.1, 0.15) is 0 Å². The number of rotatable bonds is 0. The van der Waals surface area contributed by atoms with Gasteiger partial charge in [-0.05, 0) is 37.9 Å². The van der Waals surface area contributed by atoms with E-state index in [0.29, 0.717) is 0 Å². The standard InChI is InChI=1S/C4H2Br2S2/c5-2-1-3(7)8-4(2)6/h1,7H. The van der Waals surface area contributed by atoms with Crippen LogP contribution in [0.15, 0.2) is 18.5 Å². The van der Waals surface area contributed by atoms with E-state index in [9.17, 15) is 0 Å². The third kappa shape index (κ3) is 1.50. The molecule has 1 heterocycles. The van der Waals surface area contributed by atoms with Crippen LogP contribution in [-0.2, 0) is 0 Å². The predicted molar refractivity (Wildman–Crippen MR) is 47.0 cm³/mol. The summed E-state index contributed by atoms with van der Waals surface area (Å²) >= 11 is 12.4. The second-order valence-electron chi connectivity index (χ2n) is 1.21. The molecule has 8 heavy (non-hydrogen) atoms. The van der Waals surface area contributed by atoms with Crippen molar-refractivity contribution in [3.8, 4) is 0 Å². The number of halogens is 2. The Morgan fingerprint density at radius 1 is 1.50 bits per heavy atom. The lowest BCUT2D eigenvalue weighted by molar-refractivity contribution is 1.70. The van der Waals surface area contributed by atoms with Gasteiger partial charge in [0.05, 0.1) is 8.00 Å². The van der Waals surface area contributed by atoms with Gasteiger partial charge in [-0.2, -0.15) is 0 Å². The molecule has 0 aliphatic carbocycles. The minimum Gasteiger partial charge on any atom is -0.133 e. The van der Waals surface area contributed by atoms with Crippen LogP contribution in [0.3, 0.4) is 0 Å².